The van der Waals surface area contributed by atoms with Crippen LogP contribution in [-0.2, 0) is 11.8 Å². The topological polar surface area (TPSA) is 82.7 Å². The summed E-state index contributed by atoms with van der Waals surface area (Å²) in [5.41, 5.74) is 2.09. The predicted molar refractivity (Wildman–Crippen MR) is 66.3 cm³/mol. The van der Waals surface area contributed by atoms with Crippen LogP contribution in [0.1, 0.15) is 17.4 Å². The van der Waals surface area contributed by atoms with Crippen molar-refractivity contribution < 1.29 is 20.1 Å². The molecule has 0 radical (unpaired) electrons. The van der Waals surface area contributed by atoms with Crippen LogP contribution in [0.4, 0.5) is 0 Å². The summed E-state index contributed by atoms with van der Waals surface area (Å²) >= 11 is 0. The van der Waals surface area contributed by atoms with Crippen molar-refractivity contribution in [2.45, 2.75) is 19.1 Å². The minimum Gasteiger partial charge on any atom is -0.479 e. The first-order valence-corrected chi connectivity index (χ1v) is 5.58. The van der Waals surface area contributed by atoms with Crippen molar-refractivity contribution in [2.24, 2.45) is 7.05 Å². The van der Waals surface area contributed by atoms with E-state index in [2.05, 4.69) is 0 Å². The Labute approximate surface area is 104 Å². The zero-order chi connectivity index (χ0) is 13.4. The Bertz CT molecular complexity index is 602. The largest absolute Gasteiger partial charge is 0.479 e. The van der Waals surface area contributed by atoms with E-state index >= 15 is 0 Å². The Kier molecular flexibility index (Phi) is 3.11. The number of carbonyl (C=O) groups is 1. The van der Waals surface area contributed by atoms with Gasteiger partial charge in [0.15, 0.2) is 6.10 Å². The van der Waals surface area contributed by atoms with Gasteiger partial charge in [-0.2, -0.15) is 0 Å². The third-order valence-electron chi connectivity index (χ3n) is 3.30. The van der Waals surface area contributed by atoms with E-state index in [1.807, 2.05) is 29.8 Å². The van der Waals surface area contributed by atoms with Crippen LogP contribution in [0.15, 0.2) is 24.3 Å². The molecule has 0 aliphatic heterocycles. The number of carboxylic acid groups (broad SMARTS) is 1. The van der Waals surface area contributed by atoms with Gasteiger partial charge in [-0.25, -0.2) is 4.79 Å². The second-order valence-corrected chi connectivity index (χ2v) is 4.30. The molecule has 5 nitrogen and oxygen atoms in total. The molecule has 18 heavy (non-hydrogen) atoms. The molecule has 3 N–H and O–H groups in total. The number of aromatic nitrogens is 1. The number of rotatable bonds is 3. The number of aliphatic carboxylic acids is 1. The average molecular weight is 249 g/mol. The SMILES string of the molecule is Cc1c(C(O)C(O)C(=O)O)c2ccccc2n1C. The molecule has 2 unspecified atom stereocenters. The first-order chi connectivity index (χ1) is 8.45. The lowest BCUT2D eigenvalue weighted by Gasteiger charge is -2.14. The highest BCUT2D eigenvalue weighted by atomic mass is 16.4. The number of carboxylic acids is 1. The highest BCUT2D eigenvalue weighted by Crippen LogP contribution is 2.31. The lowest BCUT2D eigenvalue weighted by Crippen LogP contribution is -2.27. The number of hydrogen-bond donors (Lipinski definition) is 3. The molecule has 0 fully saturated rings. The fourth-order valence-electron chi connectivity index (χ4n) is 2.22. The van der Waals surface area contributed by atoms with E-state index in [1.54, 1.807) is 13.0 Å². The molecule has 0 aliphatic carbocycles. The number of aliphatic hydroxyl groups excluding tert-OH is 2. The zero-order valence-corrected chi connectivity index (χ0v) is 10.2. The van der Waals surface area contributed by atoms with Gasteiger partial charge < -0.3 is 19.9 Å². The molecule has 0 saturated heterocycles. The number of aryl methyl sites for hydroxylation is 1. The number of fused-ring (bicyclic) bond motifs is 1. The number of aliphatic hydroxyl groups is 2. The molecule has 2 aromatic rings. The van der Waals surface area contributed by atoms with E-state index in [-0.39, 0.29) is 0 Å². The van der Waals surface area contributed by atoms with Gasteiger partial charge in [-0.05, 0) is 13.0 Å². The molecule has 0 spiro atoms. The number of para-hydroxylation sites is 1. The van der Waals surface area contributed by atoms with Crippen LogP contribution in [0.2, 0.25) is 0 Å². The summed E-state index contributed by atoms with van der Waals surface area (Å²) in [6.07, 6.45) is -3.26. The molecule has 2 atom stereocenters. The Morgan fingerprint density at radius 2 is 1.89 bits per heavy atom. The van der Waals surface area contributed by atoms with Gasteiger partial charge in [0.2, 0.25) is 0 Å². The van der Waals surface area contributed by atoms with Crippen molar-refractivity contribution in [3.8, 4) is 0 Å². The number of hydrogen-bond acceptors (Lipinski definition) is 3. The third-order valence-corrected chi connectivity index (χ3v) is 3.30. The van der Waals surface area contributed by atoms with E-state index < -0.39 is 18.2 Å². The molecule has 96 valence electrons. The molecule has 0 aliphatic rings. The molecule has 2 rings (SSSR count). The maximum absolute atomic E-state index is 10.8. The Balaban J connectivity index is 2.64. The summed E-state index contributed by atoms with van der Waals surface area (Å²) in [5.74, 6) is -1.44. The minimum absolute atomic E-state index is 0.461. The summed E-state index contributed by atoms with van der Waals surface area (Å²) < 4.78 is 1.86. The predicted octanol–water partition coefficient (Wildman–Crippen LogP) is 0.966. The van der Waals surface area contributed by atoms with E-state index in [0.717, 1.165) is 16.6 Å². The molecule has 0 saturated carbocycles. The van der Waals surface area contributed by atoms with E-state index in [9.17, 15) is 15.0 Å². The molecule has 1 aromatic carbocycles. The van der Waals surface area contributed by atoms with E-state index in [0.29, 0.717) is 5.56 Å². The van der Waals surface area contributed by atoms with Crippen LogP contribution in [0.25, 0.3) is 10.9 Å². The summed E-state index contributed by atoms with van der Waals surface area (Å²) in [5, 5.41) is 29.0. The second kappa shape index (κ2) is 4.44. The van der Waals surface area contributed by atoms with Crippen molar-refractivity contribution in [1.82, 2.24) is 4.57 Å². The lowest BCUT2D eigenvalue weighted by atomic mass is 10.0. The van der Waals surface area contributed by atoms with Gasteiger partial charge in [0.05, 0.1) is 0 Å². The van der Waals surface area contributed by atoms with Gasteiger partial charge in [0.1, 0.15) is 6.10 Å². The highest BCUT2D eigenvalue weighted by molar-refractivity contribution is 5.87. The molecule has 1 heterocycles. The zero-order valence-electron chi connectivity index (χ0n) is 10.2. The molecular weight excluding hydrogens is 234 g/mol. The van der Waals surface area contributed by atoms with Crippen LogP contribution in [0, 0.1) is 6.92 Å². The Morgan fingerprint density at radius 3 is 2.50 bits per heavy atom. The van der Waals surface area contributed by atoms with E-state index in [4.69, 9.17) is 5.11 Å². The Hall–Kier alpha value is -1.85. The van der Waals surface area contributed by atoms with Crippen LogP contribution in [0.5, 0.6) is 0 Å². The summed E-state index contributed by atoms with van der Waals surface area (Å²) in [4.78, 5) is 10.8. The van der Waals surface area contributed by atoms with Crippen molar-refractivity contribution in [3.05, 3.63) is 35.5 Å². The molecule has 0 amide bonds. The van der Waals surface area contributed by atoms with Crippen LogP contribution in [-0.4, -0.2) is 32.0 Å². The fourth-order valence-corrected chi connectivity index (χ4v) is 2.22. The summed E-state index contributed by atoms with van der Waals surface area (Å²) in [7, 11) is 1.83. The summed E-state index contributed by atoms with van der Waals surface area (Å²) in [6.45, 7) is 1.78. The van der Waals surface area contributed by atoms with Gasteiger partial charge in [-0.15, -0.1) is 0 Å². The molecule has 1 aromatic heterocycles. The van der Waals surface area contributed by atoms with Crippen molar-refractivity contribution >= 4 is 16.9 Å². The van der Waals surface area contributed by atoms with Crippen molar-refractivity contribution in [1.29, 1.82) is 0 Å². The number of nitrogens with zero attached hydrogens (tertiary/aromatic N) is 1. The smallest absolute Gasteiger partial charge is 0.335 e. The fraction of sp³-hybridized carbons (Fsp3) is 0.308. The maximum atomic E-state index is 10.8. The van der Waals surface area contributed by atoms with Gasteiger partial charge in [-0.1, -0.05) is 18.2 Å². The third kappa shape index (κ3) is 1.77. The van der Waals surface area contributed by atoms with Crippen LogP contribution < -0.4 is 0 Å². The quantitative estimate of drug-likeness (QED) is 0.756. The van der Waals surface area contributed by atoms with Crippen LogP contribution in [0.3, 0.4) is 0 Å². The van der Waals surface area contributed by atoms with E-state index in [1.165, 1.54) is 0 Å². The van der Waals surface area contributed by atoms with Gasteiger partial charge in [0.25, 0.3) is 0 Å². The second-order valence-electron chi connectivity index (χ2n) is 4.30. The molecule has 5 heteroatoms. The van der Waals surface area contributed by atoms with Crippen LogP contribution >= 0.6 is 0 Å². The average Bonchev–Trinajstić information content (AvgIpc) is 2.61. The first kappa shape index (κ1) is 12.6. The van der Waals surface area contributed by atoms with Gasteiger partial charge in [-0.3, -0.25) is 0 Å². The summed E-state index contributed by atoms with van der Waals surface area (Å²) in [6, 6.07) is 7.36. The van der Waals surface area contributed by atoms with Gasteiger partial charge >= 0.3 is 5.97 Å². The molecular formula is C13H15NO4. The monoisotopic (exact) mass is 249 g/mol. The van der Waals surface area contributed by atoms with Crippen molar-refractivity contribution in [3.63, 3.8) is 0 Å². The lowest BCUT2D eigenvalue weighted by molar-refractivity contribution is -0.153. The highest BCUT2D eigenvalue weighted by Gasteiger charge is 2.29. The first-order valence-electron chi connectivity index (χ1n) is 5.58. The molecule has 0 bridgehead atoms. The Morgan fingerprint density at radius 1 is 1.28 bits per heavy atom. The maximum Gasteiger partial charge on any atom is 0.335 e. The minimum atomic E-state index is -1.82. The standard InChI is InChI=1S/C13H15NO4/c1-7-10(11(15)12(16)13(17)18)8-5-3-4-6-9(8)14(7)2/h3-6,11-12,15-16H,1-2H3,(H,17,18). The van der Waals surface area contributed by atoms with Crippen molar-refractivity contribution in [2.75, 3.05) is 0 Å². The normalized spacial score (nSPS) is 14.7. The number of benzene rings is 1. The van der Waals surface area contributed by atoms with Gasteiger partial charge in [0, 0.05) is 29.2 Å².